The molecule has 6 heteroatoms. The van der Waals surface area contributed by atoms with Crippen molar-refractivity contribution in [1.82, 2.24) is 10.3 Å². The third kappa shape index (κ3) is 3.73. The van der Waals surface area contributed by atoms with Crippen molar-refractivity contribution in [3.63, 3.8) is 0 Å². The first kappa shape index (κ1) is 14.0. The van der Waals surface area contributed by atoms with E-state index in [4.69, 9.17) is 5.11 Å². The third-order valence-corrected chi connectivity index (χ3v) is 2.61. The SMILES string of the molecule is CCC(CNc1ccnc(C(=O)NC)c1)C(=O)O. The number of carbonyl (C=O) groups is 2. The average molecular weight is 251 g/mol. The number of rotatable bonds is 6. The molecule has 0 aliphatic carbocycles. The van der Waals surface area contributed by atoms with Crippen molar-refractivity contribution in [3.8, 4) is 0 Å². The Labute approximate surface area is 105 Å². The molecule has 0 spiro atoms. The number of anilines is 1. The number of pyridine rings is 1. The van der Waals surface area contributed by atoms with Crippen molar-refractivity contribution in [2.45, 2.75) is 13.3 Å². The minimum Gasteiger partial charge on any atom is -0.481 e. The summed E-state index contributed by atoms with van der Waals surface area (Å²) in [6, 6.07) is 3.29. The Balaban J connectivity index is 2.68. The van der Waals surface area contributed by atoms with Crippen LogP contribution in [-0.4, -0.2) is 35.6 Å². The Bertz CT molecular complexity index is 434. The third-order valence-electron chi connectivity index (χ3n) is 2.61. The average Bonchev–Trinajstić information content (AvgIpc) is 2.38. The molecule has 0 aromatic carbocycles. The molecular formula is C12H17N3O3. The zero-order valence-corrected chi connectivity index (χ0v) is 10.4. The molecule has 0 saturated carbocycles. The Morgan fingerprint density at radius 2 is 2.22 bits per heavy atom. The molecule has 6 nitrogen and oxygen atoms in total. The molecule has 0 saturated heterocycles. The van der Waals surface area contributed by atoms with E-state index in [1.54, 1.807) is 12.1 Å². The maximum Gasteiger partial charge on any atom is 0.308 e. The number of aromatic nitrogens is 1. The van der Waals surface area contributed by atoms with Crippen LogP contribution in [0.25, 0.3) is 0 Å². The van der Waals surface area contributed by atoms with Crippen LogP contribution >= 0.6 is 0 Å². The second-order valence-corrected chi connectivity index (χ2v) is 3.83. The minimum absolute atomic E-state index is 0.274. The van der Waals surface area contributed by atoms with Crippen LogP contribution in [0.4, 0.5) is 5.69 Å². The van der Waals surface area contributed by atoms with E-state index >= 15 is 0 Å². The maximum atomic E-state index is 11.4. The van der Waals surface area contributed by atoms with Crippen molar-refractivity contribution in [2.24, 2.45) is 5.92 Å². The lowest BCUT2D eigenvalue weighted by Gasteiger charge is -2.12. The van der Waals surface area contributed by atoms with Gasteiger partial charge in [0.25, 0.3) is 5.91 Å². The van der Waals surface area contributed by atoms with Crippen LogP contribution in [0.2, 0.25) is 0 Å². The highest BCUT2D eigenvalue weighted by Gasteiger charge is 2.14. The van der Waals surface area contributed by atoms with E-state index < -0.39 is 11.9 Å². The van der Waals surface area contributed by atoms with Gasteiger partial charge in [-0.05, 0) is 18.6 Å². The summed E-state index contributed by atoms with van der Waals surface area (Å²) in [5, 5.41) is 14.4. The number of carboxylic acid groups (broad SMARTS) is 1. The summed E-state index contributed by atoms with van der Waals surface area (Å²) in [7, 11) is 1.53. The van der Waals surface area contributed by atoms with Gasteiger partial charge in [-0.1, -0.05) is 6.92 Å². The molecule has 0 fully saturated rings. The predicted octanol–water partition coefficient (Wildman–Crippen LogP) is 0.964. The topological polar surface area (TPSA) is 91.3 Å². The summed E-state index contributed by atoms with van der Waals surface area (Å²) in [5.41, 5.74) is 0.981. The number of aliphatic carboxylic acids is 1. The molecule has 98 valence electrons. The van der Waals surface area contributed by atoms with Gasteiger partial charge in [0.15, 0.2) is 0 Å². The normalized spacial score (nSPS) is 11.7. The summed E-state index contributed by atoms with van der Waals surface area (Å²) in [6.07, 6.45) is 2.06. The Hall–Kier alpha value is -2.11. The van der Waals surface area contributed by atoms with Gasteiger partial charge in [0.2, 0.25) is 0 Å². The number of hydrogen-bond donors (Lipinski definition) is 3. The van der Waals surface area contributed by atoms with Crippen LogP contribution < -0.4 is 10.6 Å². The highest BCUT2D eigenvalue weighted by molar-refractivity contribution is 5.92. The van der Waals surface area contributed by atoms with E-state index in [-0.39, 0.29) is 5.91 Å². The molecule has 1 unspecified atom stereocenters. The van der Waals surface area contributed by atoms with Crippen molar-refractivity contribution in [2.75, 3.05) is 18.9 Å². The summed E-state index contributed by atoms with van der Waals surface area (Å²) < 4.78 is 0. The number of carboxylic acids is 1. The first-order valence-electron chi connectivity index (χ1n) is 5.73. The highest BCUT2D eigenvalue weighted by atomic mass is 16.4. The van der Waals surface area contributed by atoms with Crippen molar-refractivity contribution < 1.29 is 14.7 Å². The highest BCUT2D eigenvalue weighted by Crippen LogP contribution is 2.10. The molecular weight excluding hydrogens is 234 g/mol. The molecule has 3 N–H and O–H groups in total. The van der Waals surface area contributed by atoms with Crippen LogP contribution in [0.15, 0.2) is 18.3 Å². The van der Waals surface area contributed by atoms with E-state index in [1.165, 1.54) is 13.2 Å². The van der Waals surface area contributed by atoms with Crippen molar-refractivity contribution in [1.29, 1.82) is 0 Å². The van der Waals surface area contributed by atoms with Crippen LogP contribution in [0.1, 0.15) is 23.8 Å². The van der Waals surface area contributed by atoms with Gasteiger partial charge in [0.1, 0.15) is 5.69 Å². The van der Waals surface area contributed by atoms with Crippen LogP contribution in [0.5, 0.6) is 0 Å². The molecule has 1 aromatic heterocycles. The maximum absolute atomic E-state index is 11.4. The molecule has 1 rings (SSSR count). The van der Waals surface area contributed by atoms with Crippen LogP contribution in [0.3, 0.4) is 0 Å². The molecule has 0 radical (unpaired) electrons. The van der Waals surface area contributed by atoms with Crippen molar-refractivity contribution >= 4 is 17.6 Å². The van der Waals surface area contributed by atoms with Crippen LogP contribution in [0, 0.1) is 5.92 Å². The van der Waals surface area contributed by atoms with Crippen molar-refractivity contribution in [3.05, 3.63) is 24.0 Å². The van der Waals surface area contributed by atoms with Gasteiger partial charge < -0.3 is 15.7 Å². The van der Waals surface area contributed by atoms with Gasteiger partial charge in [0, 0.05) is 25.5 Å². The first-order valence-corrected chi connectivity index (χ1v) is 5.73. The summed E-state index contributed by atoms with van der Waals surface area (Å²) in [6.45, 7) is 2.14. The molecule has 1 amide bonds. The second kappa shape index (κ2) is 6.58. The summed E-state index contributed by atoms with van der Waals surface area (Å²) >= 11 is 0. The van der Waals surface area contributed by atoms with Gasteiger partial charge >= 0.3 is 5.97 Å². The second-order valence-electron chi connectivity index (χ2n) is 3.83. The molecule has 0 aliphatic rings. The van der Waals surface area contributed by atoms with E-state index in [0.29, 0.717) is 24.3 Å². The fourth-order valence-corrected chi connectivity index (χ4v) is 1.44. The fraction of sp³-hybridized carbons (Fsp3) is 0.417. The molecule has 0 aliphatic heterocycles. The standard InChI is InChI=1S/C12H17N3O3/c1-3-8(12(17)18)7-15-9-4-5-14-10(6-9)11(16)13-2/h4-6,8H,3,7H2,1-2H3,(H,13,16)(H,14,15)(H,17,18). The largest absolute Gasteiger partial charge is 0.481 e. The number of nitrogens with one attached hydrogen (secondary N) is 2. The lowest BCUT2D eigenvalue weighted by molar-refractivity contribution is -0.141. The monoisotopic (exact) mass is 251 g/mol. The molecule has 18 heavy (non-hydrogen) atoms. The predicted molar refractivity (Wildman–Crippen MR) is 67.5 cm³/mol. The van der Waals surface area contributed by atoms with E-state index in [0.717, 1.165) is 0 Å². The number of hydrogen-bond acceptors (Lipinski definition) is 4. The summed E-state index contributed by atoms with van der Waals surface area (Å²) in [5.74, 6) is -1.55. The smallest absolute Gasteiger partial charge is 0.308 e. The fourth-order valence-electron chi connectivity index (χ4n) is 1.44. The van der Waals surface area contributed by atoms with Gasteiger partial charge in [-0.3, -0.25) is 14.6 Å². The molecule has 1 heterocycles. The Morgan fingerprint density at radius 1 is 1.50 bits per heavy atom. The molecule has 1 atom stereocenters. The van der Waals surface area contributed by atoms with E-state index in [2.05, 4.69) is 15.6 Å². The van der Waals surface area contributed by atoms with E-state index in [1.807, 2.05) is 6.92 Å². The van der Waals surface area contributed by atoms with Gasteiger partial charge in [-0.25, -0.2) is 0 Å². The lowest BCUT2D eigenvalue weighted by atomic mass is 10.1. The van der Waals surface area contributed by atoms with E-state index in [9.17, 15) is 9.59 Å². The van der Waals surface area contributed by atoms with Gasteiger partial charge in [-0.15, -0.1) is 0 Å². The first-order chi connectivity index (χ1) is 8.58. The minimum atomic E-state index is -0.828. The summed E-state index contributed by atoms with van der Waals surface area (Å²) in [4.78, 5) is 26.2. The Kier molecular flexibility index (Phi) is 5.10. The number of carbonyl (C=O) groups excluding carboxylic acids is 1. The van der Waals surface area contributed by atoms with Gasteiger partial charge in [-0.2, -0.15) is 0 Å². The molecule has 0 bridgehead atoms. The number of amides is 1. The van der Waals surface area contributed by atoms with Crippen LogP contribution in [-0.2, 0) is 4.79 Å². The Morgan fingerprint density at radius 3 is 2.78 bits per heavy atom. The molecule has 1 aromatic rings. The zero-order chi connectivity index (χ0) is 13.5. The quantitative estimate of drug-likeness (QED) is 0.700. The van der Waals surface area contributed by atoms with Gasteiger partial charge in [0.05, 0.1) is 5.92 Å². The zero-order valence-electron chi connectivity index (χ0n) is 10.4. The number of nitrogens with zero attached hydrogens (tertiary/aromatic N) is 1. The lowest BCUT2D eigenvalue weighted by Crippen LogP contribution is -2.23.